The highest BCUT2D eigenvalue weighted by Gasteiger charge is 2.07. The Bertz CT molecular complexity index is 337. The van der Waals surface area contributed by atoms with Gasteiger partial charge in [0.15, 0.2) is 0 Å². The van der Waals surface area contributed by atoms with Gasteiger partial charge in [0.1, 0.15) is 5.82 Å². The lowest BCUT2D eigenvalue weighted by molar-refractivity contribution is -0.129. The standard InChI is InChI=1S/C8H6FNO2S/c9-5-1-3-6(4-2-5)10-7(11)8(12)13/h1-4H,(H,10,11)(H,12,13). The van der Waals surface area contributed by atoms with Crippen LogP contribution in [0.3, 0.4) is 0 Å². The van der Waals surface area contributed by atoms with Crippen molar-refractivity contribution < 1.29 is 14.0 Å². The zero-order valence-electron chi connectivity index (χ0n) is 6.45. The lowest BCUT2D eigenvalue weighted by Gasteiger charge is -2.00. The van der Waals surface area contributed by atoms with Crippen LogP contribution in [0.2, 0.25) is 0 Å². The fourth-order valence-corrected chi connectivity index (χ4v) is 0.774. The fourth-order valence-electron chi connectivity index (χ4n) is 0.718. The SMILES string of the molecule is O=C(S)C(=O)Nc1ccc(F)cc1. The highest BCUT2D eigenvalue weighted by atomic mass is 32.1. The molecule has 0 aliphatic rings. The molecular formula is C8H6FNO2S. The molecule has 0 aliphatic heterocycles. The summed E-state index contributed by atoms with van der Waals surface area (Å²) in [5.74, 6) is -1.25. The molecule has 0 aliphatic carbocycles. The van der Waals surface area contributed by atoms with Crippen LogP contribution in [0.1, 0.15) is 0 Å². The summed E-state index contributed by atoms with van der Waals surface area (Å²) < 4.78 is 12.4. The average molecular weight is 199 g/mol. The average Bonchev–Trinajstić information content (AvgIpc) is 2.08. The van der Waals surface area contributed by atoms with Crippen molar-refractivity contribution in [1.82, 2.24) is 0 Å². The summed E-state index contributed by atoms with van der Waals surface area (Å²) in [5, 5.41) is 1.35. The molecule has 5 heteroatoms. The number of anilines is 1. The molecular weight excluding hydrogens is 193 g/mol. The van der Waals surface area contributed by atoms with Crippen molar-refractivity contribution in [2.75, 3.05) is 5.32 Å². The molecule has 0 bridgehead atoms. The van der Waals surface area contributed by atoms with Crippen LogP contribution in [0.15, 0.2) is 24.3 Å². The number of thiol groups is 1. The third kappa shape index (κ3) is 2.87. The Hall–Kier alpha value is -1.36. The molecule has 3 nitrogen and oxygen atoms in total. The Labute approximate surface area is 79.4 Å². The topological polar surface area (TPSA) is 46.2 Å². The molecule has 0 radical (unpaired) electrons. The smallest absolute Gasteiger partial charge is 0.302 e. The molecule has 1 aromatic carbocycles. The number of halogens is 1. The van der Waals surface area contributed by atoms with Crippen LogP contribution in [0, 0.1) is 5.82 Å². The van der Waals surface area contributed by atoms with E-state index in [1.165, 1.54) is 24.3 Å². The summed E-state index contributed by atoms with van der Waals surface area (Å²) in [6.45, 7) is 0. The highest BCUT2D eigenvalue weighted by molar-refractivity contribution is 7.98. The second-order valence-electron chi connectivity index (χ2n) is 2.27. The van der Waals surface area contributed by atoms with E-state index in [0.29, 0.717) is 5.69 Å². The predicted octanol–water partition coefficient (Wildman–Crippen LogP) is 1.22. The number of hydrogen-bond acceptors (Lipinski definition) is 2. The van der Waals surface area contributed by atoms with E-state index < -0.39 is 16.8 Å². The van der Waals surface area contributed by atoms with Crippen molar-refractivity contribution in [1.29, 1.82) is 0 Å². The Morgan fingerprint density at radius 2 is 1.77 bits per heavy atom. The van der Waals surface area contributed by atoms with Crippen molar-refractivity contribution in [3.63, 3.8) is 0 Å². The lowest BCUT2D eigenvalue weighted by Crippen LogP contribution is -2.17. The van der Waals surface area contributed by atoms with Crippen molar-refractivity contribution in [2.24, 2.45) is 0 Å². The van der Waals surface area contributed by atoms with Gasteiger partial charge in [-0.05, 0) is 24.3 Å². The second kappa shape index (κ2) is 4.04. The molecule has 1 rings (SSSR count). The Morgan fingerprint density at radius 1 is 1.23 bits per heavy atom. The van der Waals surface area contributed by atoms with E-state index in [2.05, 4.69) is 17.9 Å². The van der Waals surface area contributed by atoms with Gasteiger partial charge < -0.3 is 5.32 Å². The van der Waals surface area contributed by atoms with E-state index in [1.807, 2.05) is 0 Å². The zero-order chi connectivity index (χ0) is 9.84. The minimum Gasteiger partial charge on any atom is -0.319 e. The van der Waals surface area contributed by atoms with Gasteiger partial charge in [-0.1, -0.05) is 12.6 Å². The van der Waals surface area contributed by atoms with Crippen LogP contribution in [0.4, 0.5) is 10.1 Å². The summed E-state index contributed by atoms with van der Waals surface area (Å²) in [6.07, 6.45) is 0. The van der Waals surface area contributed by atoms with E-state index in [1.54, 1.807) is 0 Å². The molecule has 0 atom stereocenters. The minimum atomic E-state index is -0.885. The van der Waals surface area contributed by atoms with Gasteiger partial charge in [-0.25, -0.2) is 4.39 Å². The molecule has 0 fully saturated rings. The van der Waals surface area contributed by atoms with Crippen LogP contribution >= 0.6 is 12.6 Å². The zero-order valence-corrected chi connectivity index (χ0v) is 7.35. The van der Waals surface area contributed by atoms with Gasteiger partial charge in [-0.3, -0.25) is 9.59 Å². The first-order valence-electron chi connectivity index (χ1n) is 3.39. The van der Waals surface area contributed by atoms with Crippen molar-refractivity contribution >= 4 is 29.3 Å². The molecule has 0 saturated carbocycles. The molecule has 0 saturated heterocycles. The third-order valence-electron chi connectivity index (χ3n) is 1.30. The summed E-state index contributed by atoms with van der Waals surface area (Å²) in [7, 11) is 0. The fraction of sp³-hybridized carbons (Fsp3) is 0. The van der Waals surface area contributed by atoms with Crippen molar-refractivity contribution in [3.8, 4) is 0 Å². The largest absolute Gasteiger partial charge is 0.319 e. The van der Waals surface area contributed by atoms with Crippen molar-refractivity contribution in [2.45, 2.75) is 0 Å². The van der Waals surface area contributed by atoms with E-state index in [0.717, 1.165) is 0 Å². The minimum absolute atomic E-state index is 0.355. The first-order chi connectivity index (χ1) is 6.09. The van der Waals surface area contributed by atoms with Gasteiger partial charge in [0.2, 0.25) is 0 Å². The molecule has 1 N–H and O–H groups in total. The molecule has 0 heterocycles. The van der Waals surface area contributed by atoms with Crippen LogP contribution in [-0.2, 0) is 9.59 Å². The third-order valence-corrected chi connectivity index (χ3v) is 1.50. The number of benzene rings is 1. The molecule has 0 unspecified atom stereocenters. The first-order valence-corrected chi connectivity index (χ1v) is 3.84. The number of carbonyl (C=O) groups excluding carboxylic acids is 2. The summed E-state index contributed by atoms with van der Waals surface area (Å²) in [4.78, 5) is 21.2. The number of rotatable bonds is 2. The van der Waals surface area contributed by atoms with Gasteiger partial charge in [-0.15, -0.1) is 0 Å². The lowest BCUT2D eigenvalue weighted by atomic mass is 10.3. The maximum Gasteiger partial charge on any atom is 0.302 e. The Kier molecular flexibility index (Phi) is 3.02. The molecule has 1 amide bonds. The van der Waals surface area contributed by atoms with Gasteiger partial charge in [0.05, 0.1) is 0 Å². The first kappa shape index (κ1) is 9.73. The molecule has 68 valence electrons. The van der Waals surface area contributed by atoms with Crippen LogP contribution in [0.5, 0.6) is 0 Å². The summed E-state index contributed by atoms with van der Waals surface area (Å²) in [5.41, 5.74) is 0.355. The predicted molar refractivity (Wildman–Crippen MR) is 49.0 cm³/mol. The quantitative estimate of drug-likeness (QED) is 0.555. The molecule has 0 spiro atoms. The highest BCUT2D eigenvalue weighted by Crippen LogP contribution is 2.07. The number of hydrogen-bond donors (Lipinski definition) is 2. The van der Waals surface area contributed by atoms with E-state index in [-0.39, 0.29) is 0 Å². The Morgan fingerprint density at radius 3 is 2.23 bits per heavy atom. The number of amides is 1. The van der Waals surface area contributed by atoms with E-state index in [9.17, 15) is 14.0 Å². The maximum absolute atomic E-state index is 12.4. The van der Waals surface area contributed by atoms with E-state index >= 15 is 0 Å². The number of carbonyl (C=O) groups is 2. The molecule has 0 aromatic heterocycles. The Balaban J connectivity index is 2.70. The second-order valence-corrected chi connectivity index (χ2v) is 2.67. The molecule has 1 aromatic rings. The normalized spacial score (nSPS) is 9.38. The van der Waals surface area contributed by atoms with Gasteiger partial charge in [-0.2, -0.15) is 0 Å². The molecule has 13 heavy (non-hydrogen) atoms. The monoisotopic (exact) mass is 199 g/mol. The summed E-state index contributed by atoms with van der Waals surface area (Å²) >= 11 is 3.32. The van der Waals surface area contributed by atoms with Crippen molar-refractivity contribution in [3.05, 3.63) is 30.1 Å². The van der Waals surface area contributed by atoms with Gasteiger partial charge >= 0.3 is 5.91 Å². The van der Waals surface area contributed by atoms with Gasteiger partial charge in [0.25, 0.3) is 5.12 Å². The number of nitrogens with one attached hydrogen (secondary N) is 1. The maximum atomic E-state index is 12.4. The summed E-state index contributed by atoms with van der Waals surface area (Å²) in [6, 6.07) is 5.06. The van der Waals surface area contributed by atoms with Crippen LogP contribution in [0.25, 0.3) is 0 Å². The van der Waals surface area contributed by atoms with Crippen LogP contribution < -0.4 is 5.32 Å². The van der Waals surface area contributed by atoms with Gasteiger partial charge in [0, 0.05) is 5.69 Å². The van der Waals surface area contributed by atoms with E-state index in [4.69, 9.17) is 0 Å². The van der Waals surface area contributed by atoms with Crippen LogP contribution in [-0.4, -0.2) is 11.0 Å².